The van der Waals surface area contributed by atoms with Crippen molar-refractivity contribution in [1.29, 1.82) is 0 Å². The Hall–Kier alpha value is -3.26. The molecule has 0 atom stereocenters. The van der Waals surface area contributed by atoms with E-state index in [1.807, 2.05) is 26.0 Å². The van der Waals surface area contributed by atoms with Crippen molar-refractivity contribution in [1.82, 2.24) is 4.90 Å². The number of amides is 3. The topological polar surface area (TPSA) is 84.9 Å². The molecular weight excluding hydrogens is 440 g/mol. The van der Waals surface area contributed by atoms with Crippen molar-refractivity contribution in [3.8, 4) is 11.5 Å². The van der Waals surface area contributed by atoms with E-state index in [1.54, 1.807) is 37.5 Å². The Morgan fingerprint density at radius 2 is 1.94 bits per heavy atom. The summed E-state index contributed by atoms with van der Waals surface area (Å²) < 4.78 is 11.1. The van der Waals surface area contributed by atoms with E-state index in [0.29, 0.717) is 29.4 Å². The first kappa shape index (κ1) is 24.4. The molecule has 1 fully saturated rings. The highest BCUT2D eigenvalue weighted by atomic mass is 32.2. The Bertz CT molecular complexity index is 1100. The van der Waals surface area contributed by atoms with Crippen molar-refractivity contribution in [2.75, 3.05) is 25.6 Å². The van der Waals surface area contributed by atoms with E-state index in [4.69, 9.17) is 9.47 Å². The maximum atomic E-state index is 12.8. The van der Waals surface area contributed by atoms with Crippen LogP contribution in [0, 0.1) is 13.8 Å². The summed E-state index contributed by atoms with van der Waals surface area (Å²) in [6, 6.07) is 10.9. The molecule has 2 aromatic rings. The van der Waals surface area contributed by atoms with Crippen LogP contribution in [0.25, 0.3) is 6.08 Å². The molecule has 0 aliphatic carbocycles. The molecule has 7 nitrogen and oxygen atoms in total. The van der Waals surface area contributed by atoms with Gasteiger partial charge in [-0.05, 0) is 73.0 Å². The van der Waals surface area contributed by atoms with E-state index in [2.05, 4.69) is 12.2 Å². The highest BCUT2D eigenvalue weighted by Gasteiger charge is 2.36. The third-order valence-corrected chi connectivity index (χ3v) is 6.20. The number of ether oxygens (including phenoxy) is 2. The van der Waals surface area contributed by atoms with Gasteiger partial charge in [0.1, 0.15) is 6.54 Å². The second kappa shape index (κ2) is 11.0. The van der Waals surface area contributed by atoms with Crippen molar-refractivity contribution < 1.29 is 23.9 Å². The molecule has 0 spiro atoms. The van der Waals surface area contributed by atoms with Crippen molar-refractivity contribution in [3.05, 3.63) is 58.0 Å². The average Bonchev–Trinajstić information content (AvgIpc) is 3.05. The molecule has 3 amide bonds. The number of hydrogen-bond acceptors (Lipinski definition) is 6. The first-order valence-corrected chi connectivity index (χ1v) is 11.6. The third kappa shape index (κ3) is 5.96. The van der Waals surface area contributed by atoms with Crippen molar-refractivity contribution in [2.45, 2.75) is 33.6 Å². The molecule has 1 N–H and O–H groups in total. The molecule has 0 radical (unpaired) electrons. The SMILES string of the molecule is CCCCOc1ccc(/C=C2\SC(=O)N(CC(=O)Nc3cccc(C)c3C)C2=O)cc1OC. The number of thioether (sulfide) groups is 1. The minimum Gasteiger partial charge on any atom is -0.493 e. The van der Waals surface area contributed by atoms with Gasteiger partial charge in [-0.2, -0.15) is 0 Å². The van der Waals surface area contributed by atoms with Gasteiger partial charge in [-0.15, -0.1) is 0 Å². The maximum absolute atomic E-state index is 12.8. The Labute approximate surface area is 198 Å². The smallest absolute Gasteiger partial charge is 0.294 e. The van der Waals surface area contributed by atoms with Crippen LogP contribution in [0.3, 0.4) is 0 Å². The zero-order chi connectivity index (χ0) is 24.0. The predicted molar refractivity (Wildman–Crippen MR) is 131 cm³/mol. The summed E-state index contributed by atoms with van der Waals surface area (Å²) in [7, 11) is 1.55. The molecule has 0 aromatic heterocycles. The minimum absolute atomic E-state index is 0.251. The van der Waals surface area contributed by atoms with Gasteiger partial charge in [-0.3, -0.25) is 19.3 Å². The van der Waals surface area contributed by atoms with E-state index in [-0.39, 0.29) is 11.4 Å². The first-order valence-electron chi connectivity index (χ1n) is 10.8. The quantitative estimate of drug-likeness (QED) is 0.404. The van der Waals surface area contributed by atoms with Crippen molar-refractivity contribution in [3.63, 3.8) is 0 Å². The molecule has 3 rings (SSSR count). The summed E-state index contributed by atoms with van der Waals surface area (Å²) in [5.74, 6) is 0.247. The van der Waals surface area contributed by atoms with Crippen molar-refractivity contribution in [2.24, 2.45) is 0 Å². The monoisotopic (exact) mass is 468 g/mol. The number of benzene rings is 2. The van der Waals surface area contributed by atoms with Crippen LogP contribution in [-0.4, -0.2) is 42.2 Å². The first-order chi connectivity index (χ1) is 15.8. The van der Waals surface area contributed by atoms with E-state index < -0.39 is 17.1 Å². The molecule has 8 heteroatoms. The highest BCUT2D eigenvalue weighted by Crippen LogP contribution is 2.34. The lowest BCUT2D eigenvalue weighted by atomic mass is 10.1. The summed E-state index contributed by atoms with van der Waals surface area (Å²) in [6.45, 7) is 6.19. The zero-order valence-electron chi connectivity index (χ0n) is 19.3. The average molecular weight is 469 g/mol. The van der Waals surface area contributed by atoms with Crippen LogP contribution < -0.4 is 14.8 Å². The van der Waals surface area contributed by atoms with Crippen LogP contribution in [0.1, 0.15) is 36.5 Å². The number of carbonyl (C=O) groups is 3. The fourth-order valence-corrected chi connectivity index (χ4v) is 4.07. The van der Waals surface area contributed by atoms with Gasteiger partial charge >= 0.3 is 0 Å². The predicted octanol–water partition coefficient (Wildman–Crippen LogP) is 5.17. The maximum Gasteiger partial charge on any atom is 0.294 e. The highest BCUT2D eigenvalue weighted by molar-refractivity contribution is 8.18. The van der Waals surface area contributed by atoms with Gasteiger partial charge in [-0.1, -0.05) is 31.5 Å². The molecule has 0 saturated carbocycles. The van der Waals surface area contributed by atoms with Crippen molar-refractivity contribution >= 4 is 40.6 Å². The van der Waals surface area contributed by atoms with Gasteiger partial charge in [0.15, 0.2) is 11.5 Å². The number of aryl methyl sites for hydroxylation is 1. The van der Waals surface area contributed by atoms with Crippen LogP contribution >= 0.6 is 11.8 Å². The zero-order valence-corrected chi connectivity index (χ0v) is 20.1. The molecule has 0 bridgehead atoms. The number of hydrogen-bond donors (Lipinski definition) is 1. The Kier molecular flexibility index (Phi) is 8.16. The van der Waals surface area contributed by atoms with Gasteiger partial charge in [0.2, 0.25) is 5.91 Å². The normalized spacial score (nSPS) is 14.7. The molecule has 0 unspecified atom stereocenters. The Morgan fingerprint density at radius 1 is 1.15 bits per heavy atom. The number of anilines is 1. The van der Waals surface area contributed by atoms with Crippen LogP contribution in [0.5, 0.6) is 11.5 Å². The van der Waals surface area contributed by atoms with E-state index in [0.717, 1.165) is 40.6 Å². The van der Waals surface area contributed by atoms with Gasteiger partial charge < -0.3 is 14.8 Å². The van der Waals surface area contributed by atoms with Gasteiger partial charge in [0, 0.05) is 5.69 Å². The van der Waals surface area contributed by atoms with Gasteiger partial charge in [-0.25, -0.2) is 0 Å². The van der Waals surface area contributed by atoms with Gasteiger partial charge in [0.25, 0.3) is 11.1 Å². The Morgan fingerprint density at radius 3 is 2.67 bits per heavy atom. The molecule has 1 saturated heterocycles. The number of unbranched alkanes of at least 4 members (excludes halogenated alkanes) is 1. The minimum atomic E-state index is -0.497. The standard InChI is InChI=1S/C25H28N2O5S/c1-5-6-12-32-20-11-10-18(13-21(20)31-4)14-22-24(29)27(25(30)33-22)15-23(28)26-19-9-7-8-16(2)17(19)3/h7-11,13-14H,5-6,12,15H2,1-4H3,(H,26,28)/b22-14-. The van der Waals surface area contributed by atoms with Crippen LogP contribution in [0.2, 0.25) is 0 Å². The lowest BCUT2D eigenvalue weighted by Crippen LogP contribution is -2.36. The number of rotatable bonds is 9. The molecule has 2 aromatic carbocycles. The molecular formula is C25H28N2O5S. The summed E-state index contributed by atoms with van der Waals surface area (Å²) in [6.07, 6.45) is 3.58. The second-order valence-electron chi connectivity index (χ2n) is 7.68. The van der Waals surface area contributed by atoms with Gasteiger partial charge in [0.05, 0.1) is 18.6 Å². The van der Waals surface area contributed by atoms with Crippen LogP contribution in [-0.2, 0) is 9.59 Å². The largest absolute Gasteiger partial charge is 0.493 e. The number of carbonyl (C=O) groups excluding carboxylic acids is 3. The molecule has 1 aliphatic heterocycles. The molecule has 33 heavy (non-hydrogen) atoms. The fourth-order valence-electron chi connectivity index (χ4n) is 3.23. The second-order valence-corrected chi connectivity index (χ2v) is 8.67. The lowest BCUT2D eigenvalue weighted by Gasteiger charge is -2.14. The summed E-state index contributed by atoms with van der Waals surface area (Å²) in [5.41, 5.74) is 3.34. The molecule has 1 heterocycles. The van der Waals surface area contributed by atoms with E-state index in [1.165, 1.54) is 0 Å². The third-order valence-electron chi connectivity index (χ3n) is 5.29. The number of nitrogens with one attached hydrogen (secondary N) is 1. The van der Waals surface area contributed by atoms with Crippen LogP contribution in [0.4, 0.5) is 10.5 Å². The lowest BCUT2D eigenvalue weighted by molar-refractivity contribution is -0.127. The van der Waals surface area contributed by atoms with Crippen LogP contribution in [0.15, 0.2) is 41.3 Å². The molecule has 174 valence electrons. The molecule has 1 aliphatic rings. The summed E-state index contributed by atoms with van der Waals surface area (Å²) in [4.78, 5) is 38.9. The van der Waals surface area contributed by atoms with E-state index in [9.17, 15) is 14.4 Å². The number of methoxy groups -OCH3 is 1. The summed E-state index contributed by atoms with van der Waals surface area (Å²) in [5, 5.41) is 2.30. The Balaban J connectivity index is 1.70. The van der Waals surface area contributed by atoms with E-state index >= 15 is 0 Å². The number of imide groups is 1. The fraction of sp³-hybridized carbons (Fsp3) is 0.320. The number of nitrogens with zero attached hydrogens (tertiary/aromatic N) is 1. The summed E-state index contributed by atoms with van der Waals surface area (Å²) >= 11 is 0.812.